The fourth-order valence-corrected chi connectivity index (χ4v) is 1.85. The van der Waals surface area contributed by atoms with Crippen LogP contribution < -0.4 is 4.74 Å². The van der Waals surface area contributed by atoms with Crippen LogP contribution in [0, 0.1) is 0 Å². The molecule has 0 saturated heterocycles. The molecule has 1 aromatic carbocycles. The Morgan fingerprint density at radius 2 is 1.68 bits per heavy atom. The van der Waals surface area contributed by atoms with Gasteiger partial charge in [-0.25, -0.2) is 9.97 Å². The molecule has 100 valence electrons. The highest BCUT2D eigenvalue weighted by atomic mass is 35.5. The van der Waals surface area contributed by atoms with Crippen molar-refractivity contribution in [1.29, 1.82) is 0 Å². The number of nitrogens with zero attached hydrogens (tertiary/aromatic N) is 2. The molecule has 0 unspecified atom stereocenters. The van der Waals surface area contributed by atoms with Gasteiger partial charge in [-0.15, -0.1) is 0 Å². The summed E-state index contributed by atoms with van der Waals surface area (Å²) in [6.07, 6.45) is 0. The smallest absolute Gasteiger partial charge is 0.161 e. The van der Waals surface area contributed by atoms with Gasteiger partial charge in [0.2, 0.25) is 0 Å². The molecule has 0 atom stereocenters. The Balaban J connectivity index is 2.46. The van der Waals surface area contributed by atoms with E-state index in [0.29, 0.717) is 11.0 Å². The average molecular weight is 277 g/mol. The maximum atomic E-state index is 6.09. The standard InChI is InChI=1S/C15H17ClN2O/c1-15(2,3)12-9-13(16)18-14(17-12)10-5-7-11(19-4)8-6-10/h5-9H,1-4H3. The van der Waals surface area contributed by atoms with Gasteiger partial charge in [0.05, 0.1) is 12.8 Å². The van der Waals surface area contributed by atoms with E-state index in [4.69, 9.17) is 16.3 Å². The summed E-state index contributed by atoms with van der Waals surface area (Å²) in [4.78, 5) is 8.88. The topological polar surface area (TPSA) is 35.0 Å². The van der Waals surface area contributed by atoms with Gasteiger partial charge in [0.25, 0.3) is 0 Å². The highest BCUT2D eigenvalue weighted by molar-refractivity contribution is 6.29. The van der Waals surface area contributed by atoms with Crippen LogP contribution in [0.2, 0.25) is 5.15 Å². The van der Waals surface area contributed by atoms with E-state index < -0.39 is 0 Å². The molecule has 0 bridgehead atoms. The minimum atomic E-state index is -0.0617. The molecule has 19 heavy (non-hydrogen) atoms. The van der Waals surface area contributed by atoms with Gasteiger partial charge in [-0.1, -0.05) is 32.4 Å². The summed E-state index contributed by atoms with van der Waals surface area (Å²) < 4.78 is 5.14. The second-order valence-corrected chi connectivity index (χ2v) is 5.77. The van der Waals surface area contributed by atoms with Crippen molar-refractivity contribution < 1.29 is 4.74 Å². The van der Waals surface area contributed by atoms with Crippen LogP contribution in [0.4, 0.5) is 0 Å². The van der Waals surface area contributed by atoms with E-state index in [2.05, 4.69) is 30.7 Å². The summed E-state index contributed by atoms with van der Waals surface area (Å²) in [7, 11) is 1.64. The van der Waals surface area contributed by atoms with Gasteiger partial charge >= 0.3 is 0 Å². The zero-order valence-corrected chi connectivity index (χ0v) is 12.3. The Kier molecular flexibility index (Phi) is 3.76. The van der Waals surface area contributed by atoms with Crippen molar-refractivity contribution in [2.24, 2.45) is 0 Å². The zero-order valence-electron chi connectivity index (χ0n) is 11.6. The minimum Gasteiger partial charge on any atom is -0.497 e. The van der Waals surface area contributed by atoms with E-state index in [1.807, 2.05) is 30.3 Å². The number of rotatable bonds is 2. The van der Waals surface area contributed by atoms with Crippen molar-refractivity contribution in [3.63, 3.8) is 0 Å². The SMILES string of the molecule is COc1ccc(-c2nc(Cl)cc(C(C)(C)C)n2)cc1. The lowest BCUT2D eigenvalue weighted by atomic mass is 9.92. The maximum absolute atomic E-state index is 6.09. The number of hydrogen-bond acceptors (Lipinski definition) is 3. The fourth-order valence-electron chi connectivity index (χ4n) is 1.67. The molecule has 1 heterocycles. The van der Waals surface area contributed by atoms with Crippen molar-refractivity contribution in [2.75, 3.05) is 7.11 Å². The fraction of sp³-hybridized carbons (Fsp3) is 0.333. The Hall–Kier alpha value is -1.61. The molecule has 2 aromatic rings. The van der Waals surface area contributed by atoms with Gasteiger partial charge in [-0.05, 0) is 30.3 Å². The summed E-state index contributed by atoms with van der Waals surface area (Å²) in [5, 5.41) is 0.464. The average Bonchev–Trinajstić information content (AvgIpc) is 2.37. The van der Waals surface area contributed by atoms with E-state index in [1.54, 1.807) is 7.11 Å². The van der Waals surface area contributed by atoms with Gasteiger partial charge in [0.15, 0.2) is 5.82 Å². The van der Waals surface area contributed by atoms with Crippen LogP contribution in [-0.2, 0) is 5.41 Å². The maximum Gasteiger partial charge on any atom is 0.161 e. The first-order chi connectivity index (χ1) is 8.90. The zero-order chi connectivity index (χ0) is 14.0. The van der Waals surface area contributed by atoms with E-state index in [1.165, 1.54) is 0 Å². The number of halogens is 1. The largest absolute Gasteiger partial charge is 0.497 e. The Morgan fingerprint density at radius 3 is 2.21 bits per heavy atom. The Morgan fingerprint density at radius 1 is 1.05 bits per heavy atom. The quantitative estimate of drug-likeness (QED) is 0.775. The molecule has 0 fully saturated rings. The second-order valence-electron chi connectivity index (χ2n) is 5.38. The van der Waals surface area contributed by atoms with Crippen molar-refractivity contribution in [2.45, 2.75) is 26.2 Å². The molecule has 0 saturated carbocycles. The molecule has 0 spiro atoms. The monoisotopic (exact) mass is 276 g/mol. The molecule has 0 N–H and O–H groups in total. The normalized spacial score (nSPS) is 11.4. The van der Waals surface area contributed by atoms with Crippen LogP contribution in [0.25, 0.3) is 11.4 Å². The third-order valence-electron chi connectivity index (χ3n) is 2.81. The number of benzene rings is 1. The molecule has 0 aliphatic heterocycles. The van der Waals surface area contributed by atoms with E-state index in [9.17, 15) is 0 Å². The van der Waals surface area contributed by atoms with Crippen LogP contribution in [0.15, 0.2) is 30.3 Å². The third-order valence-corrected chi connectivity index (χ3v) is 3.01. The van der Waals surface area contributed by atoms with E-state index in [0.717, 1.165) is 17.0 Å². The lowest BCUT2D eigenvalue weighted by molar-refractivity contribution is 0.415. The highest BCUT2D eigenvalue weighted by Gasteiger charge is 2.18. The Bertz CT molecular complexity index is 574. The number of hydrogen-bond donors (Lipinski definition) is 0. The van der Waals surface area contributed by atoms with Gasteiger partial charge in [-0.3, -0.25) is 0 Å². The van der Waals surface area contributed by atoms with Crippen LogP contribution in [0.1, 0.15) is 26.5 Å². The van der Waals surface area contributed by atoms with Crippen LogP contribution in [-0.4, -0.2) is 17.1 Å². The summed E-state index contributed by atoms with van der Waals surface area (Å²) in [6, 6.07) is 9.44. The predicted molar refractivity (Wildman–Crippen MR) is 77.7 cm³/mol. The van der Waals surface area contributed by atoms with E-state index >= 15 is 0 Å². The second kappa shape index (κ2) is 5.17. The molecule has 0 radical (unpaired) electrons. The van der Waals surface area contributed by atoms with Crippen LogP contribution >= 0.6 is 11.6 Å². The lowest BCUT2D eigenvalue weighted by Gasteiger charge is -2.18. The third kappa shape index (κ3) is 3.24. The first kappa shape index (κ1) is 13.8. The summed E-state index contributed by atoms with van der Waals surface area (Å²) in [5.41, 5.74) is 1.79. The van der Waals surface area contributed by atoms with Crippen LogP contribution in [0.3, 0.4) is 0 Å². The van der Waals surface area contributed by atoms with Gasteiger partial charge in [0, 0.05) is 11.0 Å². The molecule has 0 aliphatic rings. The molecule has 3 nitrogen and oxygen atoms in total. The first-order valence-corrected chi connectivity index (χ1v) is 6.47. The molecule has 1 aromatic heterocycles. The molecular weight excluding hydrogens is 260 g/mol. The molecule has 0 amide bonds. The number of aromatic nitrogens is 2. The highest BCUT2D eigenvalue weighted by Crippen LogP contribution is 2.26. The van der Waals surface area contributed by atoms with Crippen molar-refractivity contribution in [1.82, 2.24) is 9.97 Å². The number of methoxy groups -OCH3 is 1. The molecule has 4 heteroatoms. The van der Waals surface area contributed by atoms with Crippen LogP contribution in [0.5, 0.6) is 5.75 Å². The van der Waals surface area contributed by atoms with Gasteiger partial charge in [0.1, 0.15) is 10.9 Å². The first-order valence-electron chi connectivity index (χ1n) is 6.09. The summed E-state index contributed by atoms with van der Waals surface area (Å²) in [5.74, 6) is 1.45. The van der Waals surface area contributed by atoms with Gasteiger partial charge in [-0.2, -0.15) is 0 Å². The predicted octanol–water partition coefficient (Wildman–Crippen LogP) is 4.10. The summed E-state index contributed by atoms with van der Waals surface area (Å²) >= 11 is 6.09. The van der Waals surface area contributed by atoms with Crippen molar-refractivity contribution in [3.8, 4) is 17.1 Å². The van der Waals surface area contributed by atoms with Gasteiger partial charge < -0.3 is 4.74 Å². The van der Waals surface area contributed by atoms with Crippen molar-refractivity contribution >= 4 is 11.6 Å². The molecule has 2 rings (SSSR count). The van der Waals surface area contributed by atoms with Crippen molar-refractivity contribution in [3.05, 3.63) is 41.2 Å². The number of ether oxygens (including phenoxy) is 1. The minimum absolute atomic E-state index is 0.0617. The molecule has 0 aliphatic carbocycles. The summed E-state index contributed by atoms with van der Waals surface area (Å²) in [6.45, 7) is 6.30. The Labute approximate surface area is 118 Å². The van der Waals surface area contributed by atoms with E-state index in [-0.39, 0.29) is 5.41 Å². The molecular formula is C15H17ClN2O. The lowest BCUT2D eigenvalue weighted by Crippen LogP contribution is -2.14.